The molecule has 0 bridgehead atoms. The van der Waals surface area contributed by atoms with E-state index in [1.54, 1.807) is 43.3 Å². The Kier molecular flexibility index (Phi) is 7.09. The number of benzene rings is 3. The molecule has 0 atom stereocenters. The van der Waals surface area contributed by atoms with Crippen LogP contribution in [0.15, 0.2) is 66.7 Å². The second-order valence-electron chi connectivity index (χ2n) is 6.62. The molecule has 0 spiro atoms. The van der Waals surface area contributed by atoms with Gasteiger partial charge in [0.25, 0.3) is 5.91 Å². The van der Waals surface area contributed by atoms with Crippen molar-refractivity contribution in [3.63, 3.8) is 0 Å². The first-order chi connectivity index (χ1) is 14.5. The predicted octanol–water partition coefficient (Wildman–Crippen LogP) is 5.66. The Balaban J connectivity index is 1.78. The maximum absolute atomic E-state index is 12.9. The number of hydrogen-bond donors (Lipinski definition) is 1. The van der Waals surface area contributed by atoms with E-state index < -0.39 is 5.97 Å². The molecule has 1 amide bonds. The lowest BCUT2D eigenvalue weighted by molar-refractivity contribution is 0.0526. The van der Waals surface area contributed by atoms with E-state index in [0.717, 1.165) is 11.1 Å². The molecule has 0 aliphatic rings. The number of aryl methyl sites for hydroxylation is 1. The van der Waals surface area contributed by atoms with E-state index in [-0.39, 0.29) is 5.91 Å². The van der Waals surface area contributed by atoms with Crippen molar-refractivity contribution in [1.82, 2.24) is 0 Å². The van der Waals surface area contributed by atoms with Crippen LogP contribution in [0.4, 0.5) is 5.69 Å². The minimum atomic E-state index is -0.398. The van der Waals surface area contributed by atoms with Crippen LogP contribution < -0.4 is 10.1 Å². The first-order valence-electron chi connectivity index (χ1n) is 9.53. The van der Waals surface area contributed by atoms with Gasteiger partial charge in [-0.15, -0.1) is 0 Å². The number of nitrogens with one attached hydrogen (secondary N) is 1. The second kappa shape index (κ2) is 9.94. The summed E-state index contributed by atoms with van der Waals surface area (Å²) in [7, 11) is 0. The molecular formula is C24H22ClNO4. The van der Waals surface area contributed by atoms with E-state index in [2.05, 4.69) is 5.32 Å². The van der Waals surface area contributed by atoms with Crippen LogP contribution in [-0.2, 0) is 11.3 Å². The fourth-order valence-corrected chi connectivity index (χ4v) is 3.05. The number of amides is 1. The van der Waals surface area contributed by atoms with Crippen molar-refractivity contribution in [1.29, 1.82) is 0 Å². The van der Waals surface area contributed by atoms with Gasteiger partial charge in [0.05, 0.1) is 17.7 Å². The summed E-state index contributed by atoms with van der Waals surface area (Å²) in [5.74, 6) is -0.320. The van der Waals surface area contributed by atoms with E-state index in [0.29, 0.717) is 40.8 Å². The summed E-state index contributed by atoms with van der Waals surface area (Å²) in [6.45, 7) is 4.19. The summed E-state index contributed by atoms with van der Waals surface area (Å²) < 4.78 is 10.9. The Morgan fingerprint density at radius 3 is 2.47 bits per heavy atom. The fourth-order valence-electron chi connectivity index (χ4n) is 2.88. The average Bonchev–Trinajstić information content (AvgIpc) is 2.75. The zero-order chi connectivity index (χ0) is 21.5. The van der Waals surface area contributed by atoms with Crippen molar-refractivity contribution in [2.45, 2.75) is 20.5 Å². The third-order valence-corrected chi connectivity index (χ3v) is 4.64. The Bertz CT molecular complexity index is 1050. The summed E-state index contributed by atoms with van der Waals surface area (Å²) in [5, 5.41) is 3.29. The molecular weight excluding hydrogens is 402 g/mol. The number of anilines is 1. The molecule has 3 aromatic rings. The lowest BCUT2D eigenvalue weighted by Crippen LogP contribution is -2.15. The van der Waals surface area contributed by atoms with Gasteiger partial charge in [-0.25, -0.2) is 4.79 Å². The molecule has 0 aromatic heterocycles. The maximum Gasteiger partial charge on any atom is 0.338 e. The van der Waals surface area contributed by atoms with Crippen LogP contribution in [0.3, 0.4) is 0 Å². The van der Waals surface area contributed by atoms with Crippen molar-refractivity contribution in [3.8, 4) is 5.75 Å². The van der Waals surface area contributed by atoms with Gasteiger partial charge >= 0.3 is 5.97 Å². The normalized spacial score (nSPS) is 10.4. The molecule has 0 heterocycles. The molecule has 30 heavy (non-hydrogen) atoms. The maximum atomic E-state index is 12.9. The number of esters is 1. The Morgan fingerprint density at radius 1 is 1.00 bits per heavy atom. The van der Waals surface area contributed by atoms with Gasteiger partial charge < -0.3 is 14.8 Å². The van der Waals surface area contributed by atoms with E-state index in [9.17, 15) is 9.59 Å². The van der Waals surface area contributed by atoms with Crippen LogP contribution in [0.1, 0.15) is 38.8 Å². The number of ether oxygens (including phenoxy) is 2. The first-order valence-corrected chi connectivity index (χ1v) is 9.91. The average molecular weight is 424 g/mol. The van der Waals surface area contributed by atoms with E-state index >= 15 is 0 Å². The highest BCUT2D eigenvalue weighted by Gasteiger charge is 2.16. The summed E-state index contributed by atoms with van der Waals surface area (Å²) in [4.78, 5) is 24.8. The van der Waals surface area contributed by atoms with E-state index in [1.807, 2.05) is 37.3 Å². The highest BCUT2D eigenvalue weighted by atomic mass is 35.5. The molecule has 0 radical (unpaired) electrons. The largest absolute Gasteiger partial charge is 0.488 e. The number of hydrogen-bond acceptors (Lipinski definition) is 4. The van der Waals surface area contributed by atoms with Crippen molar-refractivity contribution in [2.24, 2.45) is 0 Å². The molecule has 0 fully saturated rings. The molecule has 3 rings (SSSR count). The lowest BCUT2D eigenvalue weighted by atomic mass is 10.1. The third kappa shape index (κ3) is 5.39. The minimum Gasteiger partial charge on any atom is -0.488 e. The van der Waals surface area contributed by atoms with Crippen LogP contribution in [0.25, 0.3) is 0 Å². The quantitative estimate of drug-likeness (QED) is 0.498. The van der Waals surface area contributed by atoms with Crippen molar-refractivity contribution in [3.05, 3.63) is 94.0 Å². The van der Waals surface area contributed by atoms with Gasteiger partial charge in [0.2, 0.25) is 0 Å². The summed E-state index contributed by atoms with van der Waals surface area (Å²) in [6.07, 6.45) is 0. The van der Waals surface area contributed by atoms with E-state index in [4.69, 9.17) is 21.1 Å². The van der Waals surface area contributed by atoms with Crippen LogP contribution in [0.5, 0.6) is 5.75 Å². The van der Waals surface area contributed by atoms with Crippen molar-refractivity contribution in [2.75, 3.05) is 11.9 Å². The molecule has 6 heteroatoms. The summed E-state index contributed by atoms with van der Waals surface area (Å²) in [5.41, 5.74) is 3.07. The van der Waals surface area contributed by atoms with Gasteiger partial charge in [0.1, 0.15) is 12.4 Å². The van der Waals surface area contributed by atoms with Crippen molar-refractivity contribution >= 4 is 29.2 Å². The zero-order valence-electron chi connectivity index (χ0n) is 16.8. The first kappa shape index (κ1) is 21.4. The topological polar surface area (TPSA) is 64.6 Å². The number of halogens is 1. The van der Waals surface area contributed by atoms with Gasteiger partial charge in [-0.05, 0) is 61.4 Å². The minimum absolute atomic E-state index is 0.302. The summed E-state index contributed by atoms with van der Waals surface area (Å²) >= 11 is 6.11. The summed E-state index contributed by atoms with van der Waals surface area (Å²) in [6, 6.07) is 19.6. The second-order valence-corrected chi connectivity index (χ2v) is 7.06. The molecule has 0 aliphatic heterocycles. The van der Waals surface area contributed by atoms with Gasteiger partial charge in [-0.2, -0.15) is 0 Å². The fraction of sp³-hybridized carbons (Fsp3) is 0.167. The van der Waals surface area contributed by atoms with Crippen LogP contribution >= 0.6 is 11.6 Å². The highest BCUT2D eigenvalue weighted by molar-refractivity contribution is 6.31. The molecule has 154 valence electrons. The SMILES string of the molecule is CCOC(=O)c1ccc(NC(=O)c2cc(Cl)ccc2OCc2ccccc2)c(C)c1. The Labute approximate surface area is 180 Å². The molecule has 5 nitrogen and oxygen atoms in total. The van der Waals surface area contributed by atoms with Crippen LogP contribution in [0, 0.1) is 6.92 Å². The lowest BCUT2D eigenvalue weighted by Gasteiger charge is -2.14. The standard InChI is InChI=1S/C24H22ClNO4/c1-3-29-24(28)18-9-11-21(16(2)13-18)26-23(27)20-14-19(25)10-12-22(20)30-15-17-7-5-4-6-8-17/h4-14H,3,15H2,1-2H3,(H,26,27). The highest BCUT2D eigenvalue weighted by Crippen LogP contribution is 2.26. The molecule has 0 saturated carbocycles. The molecule has 0 aliphatic carbocycles. The van der Waals surface area contributed by atoms with E-state index in [1.165, 1.54) is 0 Å². The molecule has 0 unspecified atom stereocenters. The predicted molar refractivity (Wildman–Crippen MR) is 117 cm³/mol. The number of carbonyl (C=O) groups is 2. The molecule has 0 saturated heterocycles. The van der Waals surface area contributed by atoms with Crippen LogP contribution in [0.2, 0.25) is 5.02 Å². The van der Waals surface area contributed by atoms with Gasteiger partial charge in [-0.1, -0.05) is 41.9 Å². The molecule has 3 aromatic carbocycles. The smallest absolute Gasteiger partial charge is 0.338 e. The Hall–Kier alpha value is -3.31. The third-order valence-electron chi connectivity index (χ3n) is 4.41. The molecule has 1 N–H and O–H groups in total. The zero-order valence-corrected chi connectivity index (χ0v) is 17.5. The monoisotopic (exact) mass is 423 g/mol. The number of rotatable bonds is 7. The Morgan fingerprint density at radius 2 is 1.77 bits per heavy atom. The van der Waals surface area contributed by atoms with Gasteiger partial charge in [-0.3, -0.25) is 4.79 Å². The van der Waals surface area contributed by atoms with Crippen molar-refractivity contribution < 1.29 is 19.1 Å². The van der Waals surface area contributed by atoms with Gasteiger partial charge in [0, 0.05) is 10.7 Å². The van der Waals surface area contributed by atoms with Gasteiger partial charge in [0.15, 0.2) is 0 Å². The number of carbonyl (C=O) groups excluding carboxylic acids is 2. The van der Waals surface area contributed by atoms with Crippen LogP contribution in [-0.4, -0.2) is 18.5 Å².